The lowest BCUT2D eigenvalue weighted by molar-refractivity contribution is -0.154. The Morgan fingerprint density at radius 1 is 0.625 bits per heavy atom. The monoisotopic (exact) mass is 702 g/mol. The quantitative estimate of drug-likeness (QED) is 0.0283. The number of hydrogen-bond acceptors (Lipinski definition) is 7. The number of esters is 1. The van der Waals surface area contributed by atoms with Gasteiger partial charge >= 0.3 is 13.8 Å². The molecule has 0 amide bonds. The van der Waals surface area contributed by atoms with Crippen LogP contribution in [0.1, 0.15) is 181 Å². The smallest absolute Gasteiger partial charge is 0.457 e. The van der Waals surface area contributed by atoms with Crippen LogP contribution >= 0.6 is 7.82 Å². The van der Waals surface area contributed by atoms with Crippen LogP contribution < -0.4 is 5.73 Å². The number of unbranched alkanes of at least 4 members (excludes halogenated alkanes) is 21. The van der Waals surface area contributed by atoms with E-state index in [4.69, 9.17) is 24.3 Å². The summed E-state index contributed by atoms with van der Waals surface area (Å²) in [5.74, 6) is -0.334. The van der Waals surface area contributed by atoms with Crippen LogP contribution in [0.3, 0.4) is 0 Å². The van der Waals surface area contributed by atoms with Gasteiger partial charge in [-0.25, -0.2) is 4.57 Å². The topological polar surface area (TPSA) is 117 Å². The molecule has 2 unspecified atom stereocenters. The summed E-state index contributed by atoms with van der Waals surface area (Å²) in [4.78, 5) is 22.4. The first kappa shape index (κ1) is 47.0. The second kappa shape index (κ2) is 37.2. The van der Waals surface area contributed by atoms with Crippen LogP contribution in [0.4, 0.5) is 0 Å². The number of carbonyl (C=O) groups is 1. The third-order valence-electron chi connectivity index (χ3n) is 8.37. The zero-order valence-electron chi connectivity index (χ0n) is 31.2. The van der Waals surface area contributed by atoms with Crippen molar-refractivity contribution in [2.75, 3.05) is 33.0 Å². The third kappa shape index (κ3) is 36.3. The molecule has 0 aliphatic rings. The molecule has 0 fully saturated rings. The number of rotatable bonds is 38. The molecule has 0 aliphatic heterocycles. The number of nitrogens with two attached hydrogens (primary N) is 1. The molecule has 0 aromatic heterocycles. The van der Waals surface area contributed by atoms with Crippen LogP contribution in [-0.4, -0.2) is 49.9 Å². The minimum Gasteiger partial charge on any atom is -0.457 e. The van der Waals surface area contributed by atoms with Crippen molar-refractivity contribution in [3.05, 3.63) is 24.3 Å². The van der Waals surface area contributed by atoms with Crippen molar-refractivity contribution in [1.82, 2.24) is 0 Å². The van der Waals surface area contributed by atoms with Gasteiger partial charge in [0.1, 0.15) is 6.10 Å². The standard InChI is InChI=1S/C39H76NO7P/c1-3-5-7-9-11-13-15-17-18-19-21-23-25-27-29-31-34-44-36-38(37-46-48(42,43)45-35-33-40)47-39(41)32-30-28-26-24-22-20-16-14-12-10-8-6-4-2/h11,13,17-18,38H,3-10,12,14-16,19-37,40H2,1-2H3,(H,42,43)/b13-11-,18-17-. The first-order chi connectivity index (χ1) is 23.4. The van der Waals surface area contributed by atoms with Gasteiger partial charge in [0.25, 0.3) is 0 Å². The van der Waals surface area contributed by atoms with E-state index in [1.807, 2.05) is 0 Å². The molecule has 0 heterocycles. The predicted octanol–water partition coefficient (Wildman–Crippen LogP) is 11.3. The fourth-order valence-electron chi connectivity index (χ4n) is 5.44. The number of hydrogen-bond donors (Lipinski definition) is 2. The highest BCUT2D eigenvalue weighted by atomic mass is 31.2. The first-order valence-corrected chi connectivity index (χ1v) is 21.3. The summed E-state index contributed by atoms with van der Waals surface area (Å²) in [6, 6.07) is 0. The summed E-state index contributed by atoms with van der Waals surface area (Å²) in [6.45, 7) is 4.88. The number of carbonyl (C=O) groups excluding carboxylic acids is 1. The molecule has 3 N–H and O–H groups in total. The maximum Gasteiger partial charge on any atom is 0.472 e. The molecule has 0 rings (SSSR count). The number of phosphoric acid groups is 1. The molecule has 2 atom stereocenters. The minimum atomic E-state index is -4.27. The molecule has 0 radical (unpaired) electrons. The molecular weight excluding hydrogens is 625 g/mol. The van der Waals surface area contributed by atoms with Crippen molar-refractivity contribution >= 4 is 13.8 Å². The molecule has 0 bridgehead atoms. The Balaban J connectivity index is 4.07. The number of allylic oxidation sites excluding steroid dienone is 4. The van der Waals surface area contributed by atoms with Crippen LogP contribution in [-0.2, 0) is 27.9 Å². The lowest BCUT2D eigenvalue weighted by Crippen LogP contribution is -2.28. The molecule has 9 heteroatoms. The summed E-state index contributed by atoms with van der Waals surface area (Å²) in [5.41, 5.74) is 5.35. The van der Waals surface area contributed by atoms with Crippen molar-refractivity contribution in [1.29, 1.82) is 0 Å². The van der Waals surface area contributed by atoms with Crippen molar-refractivity contribution in [2.24, 2.45) is 5.73 Å². The molecule has 0 spiro atoms. The Labute approximate surface area is 296 Å². The van der Waals surface area contributed by atoms with Crippen LogP contribution in [0.15, 0.2) is 24.3 Å². The summed E-state index contributed by atoms with van der Waals surface area (Å²) < 4.78 is 33.3. The van der Waals surface area contributed by atoms with Crippen molar-refractivity contribution < 1.29 is 32.8 Å². The molecule has 0 saturated carbocycles. The third-order valence-corrected chi connectivity index (χ3v) is 9.36. The second-order valence-electron chi connectivity index (χ2n) is 13.1. The molecular formula is C39H76NO7P. The van der Waals surface area contributed by atoms with Gasteiger partial charge in [-0.15, -0.1) is 0 Å². The van der Waals surface area contributed by atoms with E-state index in [0.717, 1.165) is 44.9 Å². The number of ether oxygens (including phenoxy) is 2. The van der Waals surface area contributed by atoms with E-state index in [-0.39, 0.29) is 32.3 Å². The van der Waals surface area contributed by atoms with Gasteiger partial charge in [-0.05, 0) is 44.9 Å². The van der Waals surface area contributed by atoms with Gasteiger partial charge in [-0.1, -0.05) is 154 Å². The zero-order valence-corrected chi connectivity index (χ0v) is 32.1. The van der Waals surface area contributed by atoms with E-state index in [1.54, 1.807) is 0 Å². The summed E-state index contributed by atoms with van der Waals surface area (Å²) in [6.07, 6.45) is 39.0. The van der Waals surface area contributed by atoms with Gasteiger partial charge in [0, 0.05) is 19.6 Å². The van der Waals surface area contributed by atoms with E-state index >= 15 is 0 Å². The number of phosphoric ester groups is 1. The van der Waals surface area contributed by atoms with Gasteiger partial charge in [-0.2, -0.15) is 0 Å². The molecule has 0 aromatic carbocycles. The van der Waals surface area contributed by atoms with Crippen molar-refractivity contribution in [3.63, 3.8) is 0 Å². The maximum atomic E-state index is 12.5. The fourth-order valence-corrected chi connectivity index (χ4v) is 6.20. The normalized spacial score (nSPS) is 13.8. The van der Waals surface area contributed by atoms with Crippen molar-refractivity contribution in [2.45, 2.75) is 187 Å². The molecule has 8 nitrogen and oxygen atoms in total. The Hall–Kier alpha value is -1.02. The molecule has 284 valence electrons. The van der Waals surface area contributed by atoms with Crippen LogP contribution in [0.2, 0.25) is 0 Å². The summed E-state index contributed by atoms with van der Waals surface area (Å²) in [5, 5.41) is 0. The Bertz CT molecular complexity index is 792. The van der Waals surface area contributed by atoms with Crippen molar-refractivity contribution in [3.8, 4) is 0 Å². The summed E-state index contributed by atoms with van der Waals surface area (Å²) >= 11 is 0. The Kier molecular flexibility index (Phi) is 36.4. The first-order valence-electron chi connectivity index (χ1n) is 19.8. The average molecular weight is 702 g/mol. The van der Waals surface area contributed by atoms with Gasteiger partial charge in [0.05, 0.1) is 19.8 Å². The lowest BCUT2D eigenvalue weighted by atomic mass is 10.0. The SMILES string of the molecule is CCCCC/C=C\C/C=C\CCCCCCCCOCC(COP(=O)(O)OCCN)OC(=O)CCCCCCCCCCCCCCC. The molecule has 0 saturated heterocycles. The zero-order chi connectivity index (χ0) is 35.2. The molecule has 0 aromatic rings. The highest BCUT2D eigenvalue weighted by Crippen LogP contribution is 2.43. The Morgan fingerprint density at radius 3 is 1.67 bits per heavy atom. The Morgan fingerprint density at radius 2 is 1.10 bits per heavy atom. The minimum absolute atomic E-state index is 0.0959. The van der Waals surface area contributed by atoms with E-state index in [0.29, 0.717) is 13.0 Å². The van der Waals surface area contributed by atoms with Crippen LogP contribution in [0, 0.1) is 0 Å². The molecule has 0 aliphatic carbocycles. The predicted molar refractivity (Wildman–Crippen MR) is 201 cm³/mol. The average Bonchev–Trinajstić information content (AvgIpc) is 3.07. The second-order valence-corrected chi connectivity index (χ2v) is 14.6. The van der Waals surface area contributed by atoms with Gasteiger partial charge in [0.2, 0.25) is 0 Å². The summed E-state index contributed by atoms with van der Waals surface area (Å²) in [7, 11) is -4.27. The highest BCUT2D eigenvalue weighted by Gasteiger charge is 2.25. The largest absolute Gasteiger partial charge is 0.472 e. The lowest BCUT2D eigenvalue weighted by Gasteiger charge is -2.20. The van der Waals surface area contributed by atoms with Gasteiger partial charge < -0.3 is 20.1 Å². The van der Waals surface area contributed by atoms with Gasteiger partial charge in [0.15, 0.2) is 0 Å². The van der Waals surface area contributed by atoms with E-state index in [9.17, 15) is 14.3 Å². The highest BCUT2D eigenvalue weighted by molar-refractivity contribution is 7.47. The fraction of sp³-hybridized carbons (Fsp3) is 0.872. The molecule has 48 heavy (non-hydrogen) atoms. The van der Waals surface area contributed by atoms with E-state index in [1.165, 1.54) is 116 Å². The van der Waals surface area contributed by atoms with E-state index in [2.05, 4.69) is 38.2 Å². The van der Waals surface area contributed by atoms with Crippen LogP contribution in [0.25, 0.3) is 0 Å². The van der Waals surface area contributed by atoms with Crippen LogP contribution in [0.5, 0.6) is 0 Å². The van der Waals surface area contributed by atoms with Gasteiger partial charge in [-0.3, -0.25) is 13.8 Å². The maximum absolute atomic E-state index is 12.5. The van der Waals surface area contributed by atoms with E-state index < -0.39 is 13.9 Å².